The van der Waals surface area contributed by atoms with Crippen molar-refractivity contribution in [2.24, 2.45) is 11.5 Å². The molecule has 0 radical (unpaired) electrons. The maximum absolute atomic E-state index is 13.1. The number of primary amides is 1. The van der Waals surface area contributed by atoms with Gasteiger partial charge in [0.2, 0.25) is 5.91 Å². The number of benzene rings is 2. The van der Waals surface area contributed by atoms with Gasteiger partial charge in [-0.05, 0) is 61.4 Å². The molecule has 0 heterocycles. The average Bonchev–Trinajstić information content (AvgIpc) is 2.59. The predicted octanol–water partition coefficient (Wildman–Crippen LogP) is 2.81. The molecule has 4 nitrogen and oxygen atoms in total. The number of nitrogens with one attached hydrogen (secondary N) is 1. The number of halogens is 1. The number of nitrogens with two attached hydrogens (primary N) is 2. The van der Waals surface area contributed by atoms with E-state index in [1.807, 2.05) is 30.3 Å². The third-order valence-electron chi connectivity index (χ3n) is 4.27. The number of hydrogen-bond donors (Lipinski definition) is 3. The summed E-state index contributed by atoms with van der Waals surface area (Å²) in [7, 11) is 0. The number of amides is 1. The summed E-state index contributed by atoms with van der Waals surface area (Å²) in [5, 5.41) is 2.96. The Labute approximate surface area is 148 Å². The molecular weight excluding hydrogens is 317 g/mol. The van der Waals surface area contributed by atoms with E-state index in [1.54, 1.807) is 19.1 Å². The van der Waals surface area contributed by atoms with Crippen LogP contribution in [0.4, 0.5) is 4.39 Å². The third-order valence-corrected chi connectivity index (χ3v) is 4.27. The monoisotopic (exact) mass is 343 g/mol. The molecule has 0 spiro atoms. The molecule has 2 unspecified atom stereocenters. The molecule has 0 saturated heterocycles. The van der Waals surface area contributed by atoms with Crippen molar-refractivity contribution in [1.82, 2.24) is 5.32 Å². The van der Waals surface area contributed by atoms with Gasteiger partial charge in [-0.15, -0.1) is 0 Å². The lowest BCUT2D eigenvalue weighted by atomic mass is 10.0. The van der Waals surface area contributed by atoms with Crippen LogP contribution in [0.3, 0.4) is 0 Å². The van der Waals surface area contributed by atoms with E-state index in [1.165, 1.54) is 11.6 Å². The van der Waals surface area contributed by atoms with E-state index in [-0.39, 0.29) is 5.82 Å². The Kier molecular flexibility index (Phi) is 7.10. The van der Waals surface area contributed by atoms with Crippen LogP contribution in [-0.2, 0) is 17.6 Å². The fraction of sp³-hybridized carbons (Fsp3) is 0.350. The van der Waals surface area contributed by atoms with Gasteiger partial charge >= 0.3 is 0 Å². The van der Waals surface area contributed by atoms with E-state index in [0.29, 0.717) is 0 Å². The minimum Gasteiger partial charge on any atom is -0.368 e. The summed E-state index contributed by atoms with van der Waals surface area (Å²) in [4.78, 5) is 11.1. The molecule has 0 fully saturated rings. The fourth-order valence-electron chi connectivity index (χ4n) is 2.69. The molecule has 134 valence electrons. The smallest absolute Gasteiger partial charge is 0.234 e. The number of carbonyl (C=O) groups excluding carboxylic acids is 1. The van der Waals surface area contributed by atoms with Crippen molar-refractivity contribution in [2.45, 2.75) is 44.8 Å². The van der Waals surface area contributed by atoms with E-state index in [0.717, 1.165) is 36.8 Å². The van der Waals surface area contributed by atoms with Crippen molar-refractivity contribution in [1.29, 1.82) is 0 Å². The molecular formula is C20H26FN3O. The first kappa shape index (κ1) is 19.1. The summed E-state index contributed by atoms with van der Waals surface area (Å²) in [6.07, 6.45) is 3.48. The van der Waals surface area contributed by atoms with Gasteiger partial charge in [0.1, 0.15) is 5.82 Å². The van der Waals surface area contributed by atoms with Crippen LogP contribution in [0.2, 0.25) is 0 Å². The number of carbonyl (C=O) groups is 1. The second-order valence-corrected chi connectivity index (χ2v) is 6.35. The van der Waals surface area contributed by atoms with Crippen LogP contribution < -0.4 is 16.8 Å². The van der Waals surface area contributed by atoms with Gasteiger partial charge in [0.25, 0.3) is 0 Å². The fourth-order valence-corrected chi connectivity index (χ4v) is 2.69. The largest absolute Gasteiger partial charge is 0.368 e. The molecule has 5 heteroatoms. The van der Waals surface area contributed by atoms with Gasteiger partial charge in [-0.1, -0.05) is 36.4 Å². The topological polar surface area (TPSA) is 81.1 Å². The standard InChI is InChI=1S/C20H26FN3O/c1-14(20(23)25)24-19(22)17-11-9-15(10-12-17)5-2-3-6-16-7-4-8-18(21)13-16/h4,7-14,19,24H,2-3,5-6,22H2,1H3,(H2,23,25). The Hall–Kier alpha value is -2.24. The Morgan fingerprint density at radius 3 is 2.32 bits per heavy atom. The van der Waals surface area contributed by atoms with Crippen LogP contribution in [0.15, 0.2) is 48.5 Å². The summed E-state index contributed by atoms with van der Waals surface area (Å²) in [5.41, 5.74) is 14.4. The Morgan fingerprint density at radius 2 is 1.72 bits per heavy atom. The molecule has 0 saturated carbocycles. The van der Waals surface area contributed by atoms with Crippen molar-refractivity contribution in [3.05, 3.63) is 71.0 Å². The Morgan fingerprint density at radius 1 is 1.08 bits per heavy atom. The number of aryl methyl sites for hydroxylation is 2. The summed E-state index contributed by atoms with van der Waals surface area (Å²) in [6.45, 7) is 1.69. The maximum Gasteiger partial charge on any atom is 0.234 e. The molecule has 0 aliphatic carbocycles. The first-order chi connectivity index (χ1) is 12.0. The molecule has 2 aromatic carbocycles. The van der Waals surface area contributed by atoms with Crippen molar-refractivity contribution < 1.29 is 9.18 Å². The number of rotatable bonds is 9. The zero-order valence-electron chi connectivity index (χ0n) is 14.5. The van der Waals surface area contributed by atoms with Gasteiger partial charge in [0.05, 0.1) is 12.2 Å². The van der Waals surface area contributed by atoms with Crippen molar-refractivity contribution >= 4 is 5.91 Å². The molecule has 0 bridgehead atoms. The second kappa shape index (κ2) is 9.30. The van der Waals surface area contributed by atoms with E-state index >= 15 is 0 Å². The molecule has 0 aliphatic heterocycles. The molecule has 0 aromatic heterocycles. The van der Waals surface area contributed by atoms with Crippen LogP contribution in [0.25, 0.3) is 0 Å². The lowest BCUT2D eigenvalue weighted by Gasteiger charge is -2.18. The highest BCUT2D eigenvalue weighted by molar-refractivity contribution is 5.79. The van der Waals surface area contributed by atoms with Gasteiger partial charge < -0.3 is 11.5 Å². The minimum atomic E-state index is -0.475. The third kappa shape index (κ3) is 6.29. The molecule has 2 rings (SSSR count). The molecule has 2 aromatic rings. The van der Waals surface area contributed by atoms with Crippen LogP contribution in [0.5, 0.6) is 0 Å². The molecule has 1 amide bonds. The van der Waals surface area contributed by atoms with Gasteiger partial charge in [-0.2, -0.15) is 0 Å². The van der Waals surface area contributed by atoms with E-state index < -0.39 is 18.1 Å². The zero-order chi connectivity index (χ0) is 18.2. The van der Waals surface area contributed by atoms with Crippen molar-refractivity contribution in [2.75, 3.05) is 0 Å². The highest BCUT2D eigenvalue weighted by Gasteiger charge is 2.13. The van der Waals surface area contributed by atoms with Crippen LogP contribution in [-0.4, -0.2) is 11.9 Å². The minimum absolute atomic E-state index is 0.177. The van der Waals surface area contributed by atoms with E-state index in [4.69, 9.17) is 11.5 Å². The van der Waals surface area contributed by atoms with Crippen LogP contribution in [0.1, 0.15) is 42.6 Å². The van der Waals surface area contributed by atoms with Gasteiger partial charge in [-0.25, -0.2) is 4.39 Å². The highest BCUT2D eigenvalue weighted by Crippen LogP contribution is 2.14. The van der Waals surface area contributed by atoms with E-state index in [2.05, 4.69) is 5.32 Å². The van der Waals surface area contributed by atoms with Crippen LogP contribution in [0, 0.1) is 5.82 Å². The Bertz CT molecular complexity index is 688. The number of hydrogen-bond acceptors (Lipinski definition) is 3. The second-order valence-electron chi connectivity index (χ2n) is 6.35. The molecule has 0 aliphatic rings. The van der Waals surface area contributed by atoms with Gasteiger partial charge in [0, 0.05) is 0 Å². The maximum atomic E-state index is 13.1. The normalized spacial score (nSPS) is 13.4. The highest BCUT2D eigenvalue weighted by atomic mass is 19.1. The predicted molar refractivity (Wildman–Crippen MR) is 98.2 cm³/mol. The lowest BCUT2D eigenvalue weighted by molar-refractivity contribution is -0.119. The van der Waals surface area contributed by atoms with Crippen molar-refractivity contribution in [3.8, 4) is 0 Å². The SMILES string of the molecule is CC(NC(N)c1ccc(CCCCc2cccc(F)c2)cc1)C(N)=O. The zero-order valence-corrected chi connectivity index (χ0v) is 14.5. The molecule has 5 N–H and O–H groups in total. The first-order valence-corrected chi connectivity index (χ1v) is 8.60. The van der Waals surface area contributed by atoms with Crippen molar-refractivity contribution in [3.63, 3.8) is 0 Å². The summed E-state index contributed by atoms with van der Waals surface area (Å²) in [5.74, 6) is -0.603. The molecule has 2 atom stereocenters. The van der Waals surface area contributed by atoms with Gasteiger partial charge in [0.15, 0.2) is 0 Å². The summed E-state index contributed by atoms with van der Waals surface area (Å²) >= 11 is 0. The lowest BCUT2D eigenvalue weighted by Crippen LogP contribution is -2.43. The quantitative estimate of drug-likeness (QED) is 0.484. The Balaban J connectivity index is 1.77. The van der Waals surface area contributed by atoms with E-state index in [9.17, 15) is 9.18 Å². The summed E-state index contributed by atoms with van der Waals surface area (Å²) < 4.78 is 13.1. The molecule has 25 heavy (non-hydrogen) atoms. The summed E-state index contributed by atoms with van der Waals surface area (Å²) in [6, 6.07) is 14.3. The van der Waals surface area contributed by atoms with Crippen LogP contribution >= 0.6 is 0 Å². The average molecular weight is 343 g/mol. The van der Waals surface area contributed by atoms with Gasteiger partial charge in [-0.3, -0.25) is 10.1 Å². The first-order valence-electron chi connectivity index (χ1n) is 8.60. The number of unbranched alkanes of at least 4 members (excludes halogenated alkanes) is 1.